The van der Waals surface area contributed by atoms with Crippen LogP contribution in [0.2, 0.25) is 0 Å². The van der Waals surface area contributed by atoms with Gasteiger partial charge in [0.15, 0.2) is 0 Å². The van der Waals surface area contributed by atoms with Crippen LogP contribution in [0, 0.1) is 0 Å². The van der Waals surface area contributed by atoms with Gasteiger partial charge in [-0.1, -0.05) is 30.3 Å². The highest BCUT2D eigenvalue weighted by atomic mass is 16.5. The van der Waals surface area contributed by atoms with E-state index in [1.165, 1.54) is 0 Å². The average molecular weight is 328 g/mol. The molecule has 2 rings (SSSR count). The molecule has 2 aromatic rings. The van der Waals surface area contributed by atoms with Crippen LogP contribution in [0.15, 0.2) is 54.6 Å². The lowest BCUT2D eigenvalue weighted by Gasteiger charge is -2.16. The van der Waals surface area contributed by atoms with Gasteiger partial charge < -0.3 is 25.3 Å². The summed E-state index contributed by atoms with van der Waals surface area (Å²) >= 11 is 0. The second-order valence-corrected chi connectivity index (χ2v) is 5.33. The Balaban J connectivity index is 1.89. The third kappa shape index (κ3) is 5.40. The lowest BCUT2D eigenvalue weighted by atomic mass is 10.1. The van der Waals surface area contributed by atoms with E-state index in [4.69, 9.17) is 4.74 Å². The molecule has 0 saturated heterocycles. The molecule has 3 N–H and O–H groups in total. The number of amides is 1. The molecule has 0 aliphatic heterocycles. The lowest BCUT2D eigenvalue weighted by Crippen LogP contribution is -2.92. The van der Waals surface area contributed by atoms with Crippen molar-refractivity contribution in [3.63, 3.8) is 0 Å². The number of quaternary nitrogens is 1. The molecular formula is C18H20N2O4. The molecular weight excluding hydrogens is 308 g/mol. The van der Waals surface area contributed by atoms with Crippen LogP contribution in [0.5, 0.6) is 5.75 Å². The zero-order chi connectivity index (χ0) is 17.4. The van der Waals surface area contributed by atoms with Crippen molar-refractivity contribution in [3.05, 3.63) is 60.2 Å². The fourth-order valence-electron chi connectivity index (χ4n) is 2.24. The van der Waals surface area contributed by atoms with E-state index in [2.05, 4.69) is 5.32 Å². The smallest absolute Gasteiger partial charge is 0.230 e. The van der Waals surface area contributed by atoms with E-state index in [1.54, 1.807) is 36.7 Å². The van der Waals surface area contributed by atoms with Crippen molar-refractivity contribution in [2.45, 2.75) is 19.0 Å². The van der Waals surface area contributed by atoms with Crippen molar-refractivity contribution in [2.75, 3.05) is 12.4 Å². The van der Waals surface area contributed by atoms with Crippen LogP contribution in [-0.2, 0) is 16.1 Å². The molecule has 0 fully saturated rings. The summed E-state index contributed by atoms with van der Waals surface area (Å²) < 4.78 is 5.04. The molecule has 0 heterocycles. The minimum atomic E-state index is -1.25. The van der Waals surface area contributed by atoms with Gasteiger partial charge in [0.05, 0.1) is 19.5 Å². The highest BCUT2D eigenvalue weighted by Crippen LogP contribution is 2.15. The predicted molar refractivity (Wildman–Crippen MR) is 87.1 cm³/mol. The fraction of sp³-hybridized carbons (Fsp3) is 0.222. The molecule has 6 heteroatoms. The van der Waals surface area contributed by atoms with Crippen LogP contribution in [0.3, 0.4) is 0 Å². The van der Waals surface area contributed by atoms with Crippen LogP contribution < -0.4 is 20.5 Å². The molecule has 0 bridgehead atoms. The summed E-state index contributed by atoms with van der Waals surface area (Å²) in [6.07, 6.45) is -0.165. The SMILES string of the molecule is COc1ccc(NC(=O)C[C@H]([NH2+]Cc2ccccc2)C(=O)[O-])cc1. The minimum Gasteiger partial charge on any atom is -0.544 e. The number of hydrogen-bond acceptors (Lipinski definition) is 4. The zero-order valence-corrected chi connectivity index (χ0v) is 13.4. The Bertz CT molecular complexity index is 671. The number of rotatable bonds is 8. The van der Waals surface area contributed by atoms with Gasteiger partial charge >= 0.3 is 0 Å². The van der Waals surface area contributed by atoms with E-state index in [-0.39, 0.29) is 12.3 Å². The van der Waals surface area contributed by atoms with Gasteiger partial charge in [0.1, 0.15) is 18.3 Å². The first-order valence-electron chi connectivity index (χ1n) is 7.60. The van der Waals surface area contributed by atoms with Crippen molar-refractivity contribution in [1.82, 2.24) is 0 Å². The van der Waals surface area contributed by atoms with Gasteiger partial charge in [0.25, 0.3) is 0 Å². The number of benzene rings is 2. The van der Waals surface area contributed by atoms with Crippen LogP contribution >= 0.6 is 0 Å². The Kier molecular flexibility index (Phi) is 6.33. The Morgan fingerprint density at radius 1 is 1.12 bits per heavy atom. The highest BCUT2D eigenvalue weighted by Gasteiger charge is 2.18. The molecule has 0 spiro atoms. The lowest BCUT2D eigenvalue weighted by molar-refractivity contribution is -0.697. The van der Waals surface area contributed by atoms with Crippen molar-refractivity contribution in [1.29, 1.82) is 0 Å². The number of carboxylic acid groups (broad SMARTS) is 1. The largest absolute Gasteiger partial charge is 0.544 e. The summed E-state index contributed by atoms with van der Waals surface area (Å²) in [6.45, 7) is 0.468. The number of hydrogen-bond donors (Lipinski definition) is 2. The van der Waals surface area contributed by atoms with Crippen molar-refractivity contribution in [2.24, 2.45) is 0 Å². The number of nitrogens with two attached hydrogens (primary N) is 1. The Hall–Kier alpha value is -2.86. The Morgan fingerprint density at radius 3 is 2.38 bits per heavy atom. The maximum atomic E-state index is 12.0. The van der Waals surface area contributed by atoms with E-state index in [0.717, 1.165) is 5.56 Å². The van der Waals surface area contributed by atoms with Crippen LogP contribution in [0.25, 0.3) is 0 Å². The number of carbonyl (C=O) groups excluding carboxylic acids is 2. The van der Waals surface area contributed by atoms with Gasteiger partial charge in [-0.25, -0.2) is 0 Å². The molecule has 0 radical (unpaired) electrons. The van der Waals surface area contributed by atoms with E-state index in [0.29, 0.717) is 18.0 Å². The molecule has 1 atom stereocenters. The van der Waals surface area contributed by atoms with Gasteiger partial charge in [-0.3, -0.25) is 4.79 Å². The molecule has 0 saturated carbocycles. The first-order valence-corrected chi connectivity index (χ1v) is 7.60. The summed E-state index contributed by atoms with van der Waals surface area (Å²) in [6, 6.07) is 15.3. The standard InChI is InChI=1S/C18H20N2O4/c1-24-15-9-7-14(8-10-15)20-17(21)11-16(18(22)23)19-12-13-5-3-2-4-6-13/h2-10,16,19H,11-12H2,1H3,(H,20,21)(H,22,23)/t16-/m0/s1. The third-order valence-electron chi connectivity index (χ3n) is 3.56. The van der Waals surface area contributed by atoms with Crippen molar-refractivity contribution in [3.8, 4) is 5.75 Å². The topological polar surface area (TPSA) is 95.1 Å². The Labute approximate surface area is 140 Å². The number of anilines is 1. The number of ether oxygens (including phenoxy) is 1. The average Bonchev–Trinajstić information content (AvgIpc) is 2.60. The van der Waals surface area contributed by atoms with Gasteiger partial charge in [0, 0.05) is 11.3 Å². The predicted octanol–water partition coefficient (Wildman–Crippen LogP) is -0.0941. The second kappa shape index (κ2) is 8.69. The molecule has 1 amide bonds. The first kappa shape index (κ1) is 17.5. The number of methoxy groups -OCH3 is 1. The maximum Gasteiger partial charge on any atom is 0.230 e. The maximum absolute atomic E-state index is 12.0. The first-order chi connectivity index (χ1) is 11.6. The molecule has 0 aliphatic rings. The third-order valence-corrected chi connectivity index (χ3v) is 3.56. The summed E-state index contributed by atoms with van der Waals surface area (Å²) in [5, 5.41) is 15.5. The Morgan fingerprint density at radius 2 is 1.79 bits per heavy atom. The van der Waals surface area contributed by atoms with Crippen molar-refractivity contribution >= 4 is 17.6 Å². The summed E-state index contributed by atoms with van der Waals surface area (Å²) in [5.74, 6) is -0.953. The van der Waals surface area contributed by atoms with E-state index >= 15 is 0 Å². The summed E-state index contributed by atoms with van der Waals surface area (Å²) in [4.78, 5) is 23.3. The minimum absolute atomic E-state index is 0.165. The van der Waals surface area contributed by atoms with Crippen LogP contribution in [-0.4, -0.2) is 25.0 Å². The molecule has 0 aromatic heterocycles. The molecule has 0 unspecified atom stereocenters. The normalized spacial score (nSPS) is 11.5. The summed E-state index contributed by atoms with van der Waals surface area (Å²) in [5.41, 5.74) is 1.57. The molecule has 0 aliphatic carbocycles. The summed E-state index contributed by atoms with van der Waals surface area (Å²) in [7, 11) is 1.56. The number of carbonyl (C=O) groups is 2. The van der Waals surface area contributed by atoms with Crippen LogP contribution in [0.4, 0.5) is 5.69 Å². The number of carboxylic acids is 1. The zero-order valence-electron chi connectivity index (χ0n) is 13.4. The van der Waals surface area contributed by atoms with Crippen molar-refractivity contribution < 1.29 is 24.7 Å². The monoisotopic (exact) mass is 328 g/mol. The van der Waals surface area contributed by atoms with E-state index in [9.17, 15) is 14.7 Å². The van der Waals surface area contributed by atoms with Gasteiger partial charge in [-0.2, -0.15) is 0 Å². The van der Waals surface area contributed by atoms with E-state index < -0.39 is 12.0 Å². The quantitative estimate of drug-likeness (QED) is 0.708. The number of nitrogens with one attached hydrogen (secondary N) is 1. The molecule has 24 heavy (non-hydrogen) atoms. The van der Waals surface area contributed by atoms with Gasteiger partial charge in [-0.15, -0.1) is 0 Å². The number of aliphatic carboxylic acids is 1. The second-order valence-electron chi connectivity index (χ2n) is 5.33. The van der Waals surface area contributed by atoms with Gasteiger partial charge in [0.2, 0.25) is 5.91 Å². The fourth-order valence-corrected chi connectivity index (χ4v) is 2.24. The highest BCUT2D eigenvalue weighted by molar-refractivity contribution is 5.93. The molecule has 2 aromatic carbocycles. The molecule has 126 valence electrons. The van der Waals surface area contributed by atoms with Gasteiger partial charge in [-0.05, 0) is 24.3 Å². The van der Waals surface area contributed by atoms with Crippen LogP contribution in [0.1, 0.15) is 12.0 Å². The van der Waals surface area contributed by atoms with E-state index in [1.807, 2.05) is 30.3 Å². The molecule has 6 nitrogen and oxygen atoms in total.